The summed E-state index contributed by atoms with van der Waals surface area (Å²) in [5, 5.41) is 0. The topological polar surface area (TPSA) is 0 Å². The van der Waals surface area contributed by atoms with Crippen molar-refractivity contribution in [1.29, 1.82) is 0 Å². The first-order valence-corrected chi connectivity index (χ1v) is 12.9. The van der Waals surface area contributed by atoms with Gasteiger partial charge in [-0.05, 0) is 82.4 Å². The molecule has 0 spiro atoms. The van der Waals surface area contributed by atoms with E-state index in [1.54, 1.807) is 22.3 Å². The third-order valence-corrected chi connectivity index (χ3v) is 9.61. The predicted octanol–water partition coefficient (Wildman–Crippen LogP) is 9.28. The first-order valence-electron chi connectivity index (χ1n) is 12.9. The van der Waals surface area contributed by atoms with Gasteiger partial charge in [0, 0.05) is 0 Å². The van der Waals surface area contributed by atoms with Crippen LogP contribution >= 0.6 is 34.0 Å². The van der Waals surface area contributed by atoms with Gasteiger partial charge in [0.2, 0.25) is 0 Å². The Morgan fingerprint density at radius 1 is 0.278 bits per heavy atom. The highest BCUT2D eigenvalue weighted by molar-refractivity contribution is 8.93. The largest absolute Gasteiger partial charge is 0.114 e. The van der Waals surface area contributed by atoms with E-state index in [2.05, 4.69) is 121 Å². The highest BCUT2D eigenvalue weighted by atomic mass is 79.9. The van der Waals surface area contributed by atoms with Gasteiger partial charge >= 0.3 is 0 Å². The molecule has 0 atom stereocenters. The summed E-state index contributed by atoms with van der Waals surface area (Å²) in [4.78, 5) is 0. The molecule has 4 aromatic carbocycles. The maximum absolute atomic E-state index is 2.42. The lowest BCUT2D eigenvalue weighted by molar-refractivity contribution is -0.0691. The Hall–Kier alpha value is -2.16. The van der Waals surface area contributed by atoms with Crippen LogP contribution in [0.4, 0.5) is 0 Å². The van der Waals surface area contributed by atoms with Crippen LogP contribution in [0.2, 0.25) is 0 Å². The first kappa shape index (κ1) is 25.5. The Labute approximate surface area is 236 Å². The number of hydrogen-bond acceptors (Lipinski definition) is 0. The summed E-state index contributed by atoms with van der Waals surface area (Å²) in [5.41, 5.74) is 6.97. The molecule has 0 radical (unpaired) electrons. The predicted molar refractivity (Wildman–Crippen MR) is 161 cm³/mol. The molecule has 36 heavy (non-hydrogen) atoms. The van der Waals surface area contributed by atoms with E-state index in [9.17, 15) is 0 Å². The minimum absolute atomic E-state index is 0. The fraction of sp³-hybridized carbons (Fsp3) is 0.294. The third kappa shape index (κ3) is 3.75. The maximum atomic E-state index is 2.42. The zero-order valence-corrected chi connectivity index (χ0v) is 24.0. The summed E-state index contributed by atoms with van der Waals surface area (Å²) in [5.74, 6) is 0. The summed E-state index contributed by atoms with van der Waals surface area (Å²) < 4.78 is 0. The van der Waals surface area contributed by atoms with E-state index in [-0.39, 0.29) is 55.6 Å². The molecule has 184 valence electrons. The molecule has 0 aromatic heterocycles. The van der Waals surface area contributed by atoms with Crippen LogP contribution in [0, 0.1) is 0 Å². The van der Waals surface area contributed by atoms with E-state index in [4.69, 9.17) is 0 Å². The summed E-state index contributed by atoms with van der Waals surface area (Å²) in [6.45, 7) is 0. The second kappa shape index (κ2) is 9.30. The first-order chi connectivity index (χ1) is 16.7. The third-order valence-electron chi connectivity index (χ3n) is 9.61. The van der Waals surface area contributed by atoms with Crippen molar-refractivity contribution in [1.82, 2.24) is 0 Å². The molecule has 4 fully saturated rings. The van der Waals surface area contributed by atoms with E-state index in [1.165, 1.54) is 38.5 Å². The van der Waals surface area contributed by atoms with Gasteiger partial charge in [-0.25, -0.2) is 0 Å². The Morgan fingerprint density at radius 2 is 0.444 bits per heavy atom. The van der Waals surface area contributed by atoms with E-state index in [1.807, 2.05) is 0 Å². The van der Waals surface area contributed by atoms with Crippen molar-refractivity contribution >= 4 is 34.0 Å². The summed E-state index contributed by atoms with van der Waals surface area (Å²) in [6.07, 6.45) is 7.57. The Balaban J connectivity index is 0.00000133. The molecule has 0 N–H and O–H groups in total. The number of hydrogen-bond donors (Lipinski definition) is 0. The van der Waals surface area contributed by atoms with E-state index >= 15 is 0 Å². The van der Waals surface area contributed by atoms with Crippen LogP contribution in [0.3, 0.4) is 0 Å². The molecule has 0 unspecified atom stereocenters. The second-order valence-corrected chi connectivity index (χ2v) is 11.6. The van der Waals surface area contributed by atoms with Crippen LogP contribution in [-0.2, 0) is 21.7 Å². The van der Waals surface area contributed by atoms with Crippen LogP contribution < -0.4 is 0 Å². The minimum atomic E-state index is 0. The van der Waals surface area contributed by atoms with Crippen molar-refractivity contribution in [3.05, 3.63) is 144 Å². The SMILES string of the molecule is Br.Br.c1ccc(C23CC4(c5ccccc5)CC(c5ccccc5)(C2)CC(c2ccccc2)(C3)C4)cc1. The molecule has 4 aromatic rings. The zero-order chi connectivity index (χ0) is 22.7. The van der Waals surface area contributed by atoms with Crippen molar-refractivity contribution in [3.8, 4) is 0 Å². The van der Waals surface area contributed by atoms with Gasteiger partial charge in [-0.3, -0.25) is 0 Å². The normalized spacial score (nSPS) is 31.8. The lowest BCUT2D eigenvalue weighted by atomic mass is 9.32. The number of benzene rings is 4. The van der Waals surface area contributed by atoms with Crippen molar-refractivity contribution in [3.63, 3.8) is 0 Å². The van der Waals surface area contributed by atoms with Gasteiger partial charge in [0.1, 0.15) is 0 Å². The molecule has 2 heteroatoms. The smallest absolute Gasteiger partial charge is 0.00215 e. The molecule has 4 aliphatic rings. The van der Waals surface area contributed by atoms with Gasteiger partial charge in [0.15, 0.2) is 0 Å². The van der Waals surface area contributed by atoms with Gasteiger partial charge < -0.3 is 0 Å². The molecular weight excluding hydrogens is 568 g/mol. The monoisotopic (exact) mass is 600 g/mol. The molecule has 0 aliphatic heterocycles. The molecule has 4 aliphatic carbocycles. The fourth-order valence-corrected chi connectivity index (χ4v) is 9.03. The Morgan fingerprint density at radius 3 is 0.611 bits per heavy atom. The maximum Gasteiger partial charge on any atom is -0.00215 e. The van der Waals surface area contributed by atoms with Gasteiger partial charge in [0.05, 0.1) is 0 Å². The lowest BCUT2D eigenvalue weighted by Crippen LogP contribution is -2.67. The molecular formula is C34H34Br2. The Kier molecular flexibility index (Phi) is 6.58. The van der Waals surface area contributed by atoms with Gasteiger partial charge in [0.25, 0.3) is 0 Å². The quantitative estimate of drug-likeness (QED) is 0.219. The standard InChI is InChI=1S/C34H32.2BrH/c1-5-13-27(14-6-1)31-21-32(28-15-7-2-8-16-28)24-33(22-31,29-17-9-3-10-18-29)26-34(23-31,25-32)30-19-11-4-12-20-30;;/h1-20H,21-26H2;2*1H. The summed E-state index contributed by atoms with van der Waals surface area (Å²) in [6, 6.07) is 46.1. The van der Waals surface area contributed by atoms with E-state index in [0.717, 1.165) is 0 Å². The molecule has 8 rings (SSSR count). The average Bonchev–Trinajstić information content (AvgIpc) is 2.90. The van der Waals surface area contributed by atoms with E-state index < -0.39 is 0 Å². The van der Waals surface area contributed by atoms with Gasteiger partial charge in [-0.15, -0.1) is 34.0 Å². The molecule has 0 heterocycles. The fourth-order valence-electron chi connectivity index (χ4n) is 9.03. The Bertz CT molecular complexity index is 1060. The van der Waals surface area contributed by atoms with Crippen LogP contribution in [0.25, 0.3) is 0 Å². The van der Waals surface area contributed by atoms with Crippen molar-refractivity contribution < 1.29 is 0 Å². The van der Waals surface area contributed by atoms with Crippen molar-refractivity contribution in [2.24, 2.45) is 0 Å². The lowest BCUT2D eigenvalue weighted by Gasteiger charge is -2.71. The number of rotatable bonds is 4. The summed E-state index contributed by atoms with van der Waals surface area (Å²) >= 11 is 0. The van der Waals surface area contributed by atoms with E-state index in [0.29, 0.717) is 0 Å². The molecule has 4 saturated carbocycles. The molecule has 0 amide bonds. The van der Waals surface area contributed by atoms with Crippen molar-refractivity contribution in [2.45, 2.75) is 60.2 Å². The molecule has 0 nitrogen and oxygen atoms in total. The second-order valence-electron chi connectivity index (χ2n) is 11.6. The van der Waals surface area contributed by atoms with Crippen LogP contribution in [0.15, 0.2) is 121 Å². The van der Waals surface area contributed by atoms with Crippen LogP contribution in [0.5, 0.6) is 0 Å². The van der Waals surface area contributed by atoms with Crippen LogP contribution in [0.1, 0.15) is 60.8 Å². The number of halogens is 2. The van der Waals surface area contributed by atoms with Gasteiger partial charge in [-0.2, -0.15) is 0 Å². The van der Waals surface area contributed by atoms with Crippen molar-refractivity contribution in [2.75, 3.05) is 0 Å². The minimum Gasteiger partial charge on any atom is -0.114 e. The summed E-state index contributed by atoms with van der Waals surface area (Å²) in [7, 11) is 0. The molecule has 0 saturated heterocycles. The van der Waals surface area contributed by atoms with Gasteiger partial charge in [-0.1, -0.05) is 121 Å². The molecule has 4 bridgehead atoms. The highest BCUT2D eigenvalue weighted by Gasteiger charge is 2.69. The highest BCUT2D eigenvalue weighted by Crippen LogP contribution is 2.74. The van der Waals surface area contributed by atoms with Crippen LogP contribution in [-0.4, -0.2) is 0 Å². The average molecular weight is 602 g/mol. The zero-order valence-electron chi connectivity index (χ0n) is 20.6.